The summed E-state index contributed by atoms with van der Waals surface area (Å²) in [5, 5.41) is 2.41. The molecule has 0 spiro atoms. The maximum absolute atomic E-state index is 13.0. The van der Waals surface area contributed by atoms with Crippen LogP contribution in [0.4, 0.5) is 30.4 Å². The Kier molecular flexibility index (Phi) is 8.06. The number of hydrogen-bond donors (Lipinski definition) is 2. The van der Waals surface area contributed by atoms with Crippen molar-refractivity contribution in [2.75, 3.05) is 43.4 Å². The predicted octanol–water partition coefficient (Wildman–Crippen LogP) is 4.51. The molecule has 1 saturated heterocycles. The van der Waals surface area contributed by atoms with Crippen LogP contribution in [0.15, 0.2) is 66.2 Å². The minimum absolute atomic E-state index is 0.198. The number of aliphatic imine (C=N–C) groups is 1. The second-order valence-corrected chi connectivity index (χ2v) is 8.99. The highest BCUT2D eigenvalue weighted by Gasteiger charge is 2.31. The molecule has 2 aromatic heterocycles. The van der Waals surface area contributed by atoms with Gasteiger partial charge in [-0.05, 0) is 49.9 Å². The molecule has 3 heterocycles. The van der Waals surface area contributed by atoms with Crippen LogP contribution >= 0.6 is 0 Å². The fourth-order valence-corrected chi connectivity index (χ4v) is 3.93. The average molecular weight is 524 g/mol. The quantitative estimate of drug-likeness (QED) is 0.462. The molecular formula is C27H28F3N7O. The molecule has 0 radical (unpaired) electrons. The number of amides is 1. The SMILES string of the molecule is Cc1ccc(C(=O)Nc2cc(C(F)(F)F)ccn2)cc1N=C/C(=C\N)c1cncc(N2CCN(C)CC2)c1. The number of nitrogens with zero attached hydrogens (tertiary/aromatic N) is 5. The number of halogens is 3. The van der Waals surface area contributed by atoms with Gasteiger partial charge in [0.2, 0.25) is 0 Å². The first kappa shape index (κ1) is 26.8. The van der Waals surface area contributed by atoms with E-state index in [4.69, 9.17) is 5.73 Å². The molecule has 8 nitrogen and oxygen atoms in total. The Morgan fingerprint density at radius 1 is 1.08 bits per heavy atom. The van der Waals surface area contributed by atoms with Gasteiger partial charge in [-0.15, -0.1) is 0 Å². The molecule has 38 heavy (non-hydrogen) atoms. The van der Waals surface area contributed by atoms with E-state index in [1.54, 1.807) is 30.6 Å². The Hall–Kier alpha value is -4.25. The number of hydrogen-bond acceptors (Lipinski definition) is 7. The molecule has 198 valence electrons. The van der Waals surface area contributed by atoms with E-state index in [2.05, 4.69) is 37.1 Å². The molecule has 1 aliphatic heterocycles. The van der Waals surface area contributed by atoms with E-state index in [1.807, 2.05) is 19.2 Å². The normalized spacial score (nSPS) is 15.2. The van der Waals surface area contributed by atoms with Crippen LogP contribution in [0.5, 0.6) is 0 Å². The molecule has 11 heteroatoms. The number of piperazine rings is 1. The summed E-state index contributed by atoms with van der Waals surface area (Å²) in [6.07, 6.45) is 3.04. The zero-order chi connectivity index (χ0) is 27.3. The number of carbonyl (C=O) groups is 1. The zero-order valence-electron chi connectivity index (χ0n) is 21.0. The predicted molar refractivity (Wildman–Crippen MR) is 143 cm³/mol. The summed E-state index contributed by atoms with van der Waals surface area (Å²) in [5.74, 6) is -0.802. The number of aryl methyl sites for hydroxylation is 1. The zero-order valence-corrected chi connectivity index (χ0v) is 21.0. The molecule has 0 saturated carbocycles. The molecule has 0 bridgehead atoms. The monoisotopic (exact) mass is 523 g/mol. The van der Waals surface area contributed by atoms with E-state index >= 15 is 0 Å². The number of nitrogens with two attached hydrogens (primary N) is 1. The third-order valence-electron chi connectivity index (χ3n) is 6.25. The summed E-state index contributed by atoms with van der Waals surface area (Å²) in [4.78, 5) is 30.0. The Balaban J connectivity index is 1.51. The molecule has 1 aliphatic rings. The average Bonchev–Trinajstić information content (AvgIpc) is 2.90. The fourth-order valence-electron chi connectivity index (χ4n) is 3.93. The lowest BCUT2D eigenvalue weighted by Crippen LogP contribution is -2.44. The lowest BCUT2D eigenvalue weighted by Gasteiger charge is -2.34. The van der Waals surface area contributed by atoms with Gasteiger partial charge in [0.25, 0.3) is 5.91 Å². The third kappa shape index (κ3) is 6.54. The maximum Gasteiger partial charge on any atom is 0.416 e. The van der Waals surface area contributed by atoms with Gasteiger partial charge in [-0.1, -0.05) is 6.07 Å². The van der Waals surface area contributed by atoms with Crippen molar-refractivity contribution in [2.45, 2.75) is 13.1 Å². The number of alkyl halides is 3. The fraction of sp³-hybridized carbons (Fsp3) is 0.259. The summed E-state index contributed by atoms with van der Waals surface area (Å²) < 4.78 is 38.9. The van der Waals surface area contributed by atoms with Gasteiger partial charge in [0.15, 0.2) is 0 Å². The van der Waals surface area contributed by atoms with Crippen LogP contribution in [-0.2, 0) is 6.18 Å². The number of pyridine rings is 2. The molecule has 1 fully saturated rings. The second-order valence-electron chi connectivity index (χ2n) is 8.99. The summed E-state index contributed by atoms with van der Waals surface area (Å²) in [6, 6.07) is 8.48. The van der Waals surface area contributed by atoms with E-state index in [0.29, 0.717) is 11.3 Å². The van der Waals surface area contributed by atoms with Crippen molar-refractivity contribution in [3.63, 3.8) is 0 Å². The number of aromatic nitrogens is 2. The molecule has 1 aromatic carbocycles. The van der Waals surface area contributed by atoms with Crippen LogP contribution in [0.3, 0.4) is 0 Å². The van der Waals surface area contributed by atoms with Crippen LogP contribution in [-0.4, -0.2) is 60.2 Å². The third-order valence-corrected chi connectivity index (χ3v) is 6.25. The number of benzene rings is 1. The van der Waals surface area contributed by atoms with E-state index in [-0.39, 0.29) is 11.4 Å². The largest absolute Gasteiger partial charge is 0.416 e. The first-order valence-electron chi connectivity index (χ1n) is 11.9. The number of allylic oxidation sites excluding steroid dienone is 1. The van der Waals surface area contributed by atoms with Crippen molar-refractivity contribution < 1.29 is 18.0 Å². The van der Waals surface area contributed by atoms with Gasteiger partial charge < -0.3 is 20.9 Å². The molecule has 0 unspecified atom stereocenters. The van der Waals surface area contributed by atoms with Gasteiger partial charge in [-0.2, -0.15) is 13.2 Å². The number of likely N-dealkylation sites (N-methyl/N-ethyl adjacent to an activating group) is 1. The van der Waals surface area contributed by atoms with Gasteiger partial charge in [0.1, 0.15) is 5.82 Å². The van der Waals surface area contributed by atoms with E-state index in [0.717, 1.165) is 61.3 Å². The van der Waals surface area contributed by atoms with Crippen LogP contribution < -0.4 is 16.0 Å². The highest BCUT2D eigenvalue weighted by Crippen LogP contribution is 2.30. The molecule has 3 aromatic rings. The van der Waals surface area contributed by atoms with Crippen molar-refractivity contribution >= 4 is 34.9 Å². The topological polar surface area (TPSA) is 99.7 Å². The molecule has 4 rings (SSSR count). The lowest BCUT2D eigenvalue weighted by atomic mass is 10.1. The van der Waals surface area contributed by atoms with Gasteiger partial charge >= 0.3 is 6.18 Å². The molecule has 0 atom stereocenters. The summed E-state index contributed by atoms with van der Waals surface area (Å²) >= 11 is 0. The van der Waals surface area contributed by atoms with Gasteiger partial charge in [0, 0.05) is 67.7 Å². The van der Waals surface area contributed by atoms with E-state index < -0.39 is 17.6 Å². The molecule has 3 N–H and O–H groups in total. The van der Waals surface area contributed by atoms with Gasteiger partial charge in [-0.25, -0.2) is 4.98 Å². The first-order valence-corrected chi connectivity index (χ1v) is 11.9. The maximum atomic E-state index is 13.0. The lowest BCUT2D eigenvalue weighted by molar-refractivity contribution is -0.137. The number of rotatable bonds is 6. The van der Waals surface area contributed by atoms with Crippen LogP contribution in [0.25, 0.3) is 5.57 Å². The van der Waals surface area contributed by atoms with Crippen molar-refractivity contribution in [1.29, 1.82) is 0 Å². The van der Waals surface area contributed by atoms with Crippen LogP contribution in [0.2, 0.25) is 0 Å². The Bertz CT molecular complexity index is 1360. The molecular weight excluding hydrogens is 495 g/mol. The minimum Gasteiger partial charge on any atom is -0.404 e. The summed E-state index contributed by atoms with van der Waals surface area (Å²) in [6.45, 7) is 5.59. The second kappa shape index (κ2) is 11.4. The van der Waals surface area contributed by atoms with E-state index in [1.165, 1.54) is 6.20 Å². The molecule has 0 aliphatic carbocycles. The summed E-state index contributed by atoms with van der Waals surface area (Å²) in [5.41, 5.74) is 8.99. The standard InChI is InChI=1S/C27H28F3N7O/c1-18-3-4-19(26(38)35-25-13-22(5-6-33-25)27(28,29)30)12-24(18)34-16-21(14-31)20-11-23(17-32-15-20)37-9-7-36(2)8-10-37/h3-6,11-17H,7-10,31H2,1-2H3,(H,33,35,38)/b21-14+,34-16?. The first-order chi connectivity index (χ1) is 18.1. The van der Waals surface area contributed by atoms with Crippen molar-refractivity contribution in [3.05, 3.63) is 83.4 Å². The van der Waals surface area contributed by atoms with Gasteiger partial charge in [0.05, 0.1) is 23.1 Å². The smallest absolute Gasteiger partial charge is 0.404 e. The van der Waals surface area contributed by atoms with Crippen LogP contribution in [0, 0.1) is 6.92 Å². The van der Waals surface area contributed by atoms with Crippen molar-refractivity contribution in [1.82, 2.24) is 14.9 Å². The Morgan fingerprint density at radius 2 is 1.84 bits per heavy atom. The van der Waals surface area contributed by atoms with E-state index in [9.17, 15) is 18.0 Å². The summed E-state index contributed by atoms with van der Waals surface area (Å²) in [7, 11) is 2.10. The highest BCUT2D eigenvalue weighted by atomic mass is 19.4. The minimum atomic E-state index is -4.54. The van der Waals surface area contributed by atoms with Crippen LogP contribution in [0.1, 0.15) is 27.0 Å². The number of nitrogens with one attached hydrogen (secondary N) is 1. The number of anilines is 2. The van der Waals surface area contributed by atoms with Crippen molar-refractivity contribution in [2.24, 2.45) is 10.7 Å². The highest BCUT2D eigenvalue weighted by molar-refractivity contribution is 6.11. The molecule has 1 amide bonds. The number of carbonyl (C=O) groups excluding carboxylic acids is 1. The van der Waals surface area contributed by atoms with Crippen molar-refractivity contribution in [3.8, 4) is 0 Å². The van der Waals surface area contributed by atoms with Gasteiger partial charge in [-0.3, -0.25) is 14.8 Å². The Labute approximate surface area is 218 Å². The Morgan fingerprint density at radius 3 is 2.55 bits per heavy atom.